The lowest BCUT2D eigenvalue weighted by Gasteiger charge is -2.09. The van der Waals surface area contributed by atoms with Gasteiger partial charge in [0.25, 0.3) is 0 Å². The van der Waals surface area contributed by atoms with Crippen molar-refractivity contribution in [3.05, 3.63) is 29.8 Å². The van der Waals surface area contributed by atoms with Crippen LogP contribution in [0.5, 0.6) is 5.75 Å². The number of phenols is 1. The molecule has 1 aliphatic rings. The van der Waals surface area contributed by atoms with E-state index in [1.807, 2.05) is 12.1 Å². The average molecular weight is 191 g/mol. The first-order valence-corrected chi connectivity index (χ1v) is 5.17. The van der Waals surface area contributed by atoms with Gasteiger partial charge in [-0.15, -0.1) is 0 Å². The Morgan fingerprint density at radius 1 is 1.29 bits per heavy atom. The van der Waals surface area contributed by atoms with Crippen LogP contribution in [-0.2, 0) is 6.54 Å². The van der Waals surface area contributed by atoms with Gasteiger partial charge in [-0.2, -0.15) is 0 Å². The fourth-order valence-electron chi connectivity index (χ4n) is 1.51. The standard InChI is InChI=1S/C12H17NO/c1-12(6-7-12)9-13-8-10-2-4-11(14)5-3-10/h2-5,13-14H,6-9H2,1H3. The molecule has 76 valence electrons. The minimum absolute atomic E-state index is 0.336. The van der Waals surface area contributed by atoms with Crippen molar-refractivity contribution in [2.45, 2.75) is 26.3 Å². The molecule has 1 saturated carbocycles. The number of rotatable bonds is 4. The summed E-state index contributed by atoms with van der Waals surface area (Å²) in [7, 11) is 0. The molecule has 14 heavy (non-hydrogen) atoms. The Labute approximate surface area is 85.0 Å². The minimum atomic E-state index is 0.336. The molecule has 2 rings (SSSR count). The van der Waals surface area contributed by atoms with Gasteiger partial charge >= 0.3 is 0 Å². The van der Waals surface area contributed by atoms with Gasteiger partial charge in [0.1, 0.15) is 5.75 Å². The zero-order valence-corrected chi connectivity index (χ0v) is 8.59. The molecule has 0 bridgehead atoms. The lowest BCUT2D eigenvalue weighted by atomic mass is 10.1. The largest absolute Gasteiger partial charge is 0.508 e. The highest BCUT2D eigenvalue weighted by molar-refractivity contribution is 5.25. The van der Waals surface area contributed by atoms with Crippen molar-refractivity contribution in [3.63, 3.8) is 0 Å². The highest BCUT2D eigenvalue weighted by Gasteiger charge is 2.36. The van der Waals surface area contributed by atoms with Gasteiger partial charge in [0.05, 0.1) is 0 Å². The Bertz CT molecular complexity index is 301. The lowest BCUT2D eigenvalue weighted by molar-refractivity contribution is 0.474. The van der Waals surface area contributed by atoms with E-state index in [-0.39, 0.29) is 0 Å². The number of hydrogen-bond donors (Lipinski definition) is 2. The molecule has 1 aromatic carbocycles. The molecule has 0 heterocycles. The van der Waals surface area contributed by atoms with Crippen LogP contribution in [0.4, 0.5) is 0 Å². The molecule has 2 heteroatoms. The van der Waals surface area contributed by atoms with Crippen LogP contribution in [0.1, 0.15) is 25.3 Å². The molecular formula is C12H17NO. The number of hydrogen-bond acceptors (Lipinski definition) is 2. The Balaban J connectivity index is 1.77. The molecular weight excluding hydrogens is 174 g/mol. The van der Waals surface area contributed by atoms with Crippen LogP contribution in [0.3, 0.4) is 0 Å². The summed E-state index contributed by atoms with van der Waals surface area (Å²) in [6.45, 7) is 4.32. The second-order valence-corrected chi connectivity index (χ2v) is 4.58. The molecule has 0 atom stereocenters. The van der Waals surface area contributed by atoms with Crippen LogP contribution in [-0.4, -0.2) is 11.7 Å². The topological polar surface area (TPSA) is 32.3 Å². The van der Waals surface area contributed by atoms with Gasteiger partial charge in [-0.1, -0.05) is 19.1 Å². The third-order valence-electron chi connectivity index (χ3n) is 2.92. The number of aromatic hydroxyl groups is 1. The maximum Gasteiger partial charge on any atom is 0.115 e. The van der Waals surface area contributed by atoms with Crippen molar-refractivity contribution in [1.82, 2.24) is 5.32 Å². The molecule has 1 fully saturated rings. The highest BCUT2D eigenvalue weighted by Crippen LogP contribution is 2.44. The van der Waals surface area contributed by atoms with E-state index < -0.39 is 0 Å². The van der Waals surface area contributed by atoms with Crippen molar-refractivity contribution in [3.8, 4) is 5.75 Å². The van der Waals surface area contributed by atoms with E-state index in [0.29, 0.717) is 11.2 Å². The Hall–Kier alpha value is -1.02. The smallest absolute Gasteiger partial charge is 0.115 e. The van der Waals surface area contributed by atoms with Crippen molar-refractivity contribution in [2.75, 3.05) is 6.54 Å². The number of nitrogens with one attached hydrogen (secondary N) is 1. The zero-order valence-electron chi connectivity index (χ0n) is 8.59. The third-order valence-corrected chi connectivity index (χ3v) is 2.92. The van der Waals surface area contributed by atoms with Gasteiger partial charge in [0, 0.05) is 13.1 Å². The summed E-state index contributed by atoms with van der Waals surface area (Å²) < 4.78 is 0. The van der Waals surface area contributed by atoms with E-state index in [0.717, 1.165) is 13.1 Å². The first-order chi connectivity index (χ1) is 6.68. The quantitative estimate of drug-likeness (QED) is 0.765. The van der Waals surface area contributed by atoms with Gasteiger partial charge in [-0.25, -0.2) is 0 Å². The second-order valence-electron chi connectivity index (χ2n) is 4.58. The second kappa shape index (κ2) is 3.62. The normalized spacial score (nSPS) is 18.1. The molecule has 0 spiro atoms. The van der Waals surface area contributed by atoms with Gasteiger partial charge in [-0.05, 0) is 36.0 Å². The van der Waals surface area contributed by atoms with E-state index in [9.17, 15) is 0 Å². The first-order valence-electron chi connectivity index (χ1n) is 5.17. The maximum atomic E-state index is 9.10. The van der Waals surface area contributed by atoms with Gasteiger partial charge in [0.15, 0.2) is 0 Å². The van der Waals surface area contributed by atoms with E-state index in [1.54, 1.807) is 12.1 Å². The van der Waals surface area contributed by atoms with Crippen LogP contribution >= 0.6 is 0 Å². The van der Waals surface area contributed by atoms with Crippen LogP contribution < -0.4 is 5.32 Å². The van der Waals surface area contributed by atoms with E-state index >= 15 is 0 Å². The molecule has 1 aliphatic carbocycles. The Morgan fingerprint density at radius 2 is 1.93 bits per heavy atom. The van der Waals surface area contributed by atoms with Crippen molar-refractivity contribution >= 4 is 0 Å². The third kappa shape index (κ3) is 2.48. The van der Waals surface area contributed by atoms with Crippen molar-refractivity contribution in [1.29, 1.82) is 0 Å². The van der Waals surface area contributed by atoms with E-state index in [1.165, 1.54) is 18.4 Å². The molecule has 1 aromatic rings. The van der Waals surface area contributed by atoms with E-state index in [2.05, 4.69) is 12.2 Å². The maximum absolute atomic E-state index is 9.10. The molecule has 0 amide bonds. The first kappa shape index (κ1) is 9.53. The summed E-state index contributed by atoms with van der Waals surface area (Å²) in [5.74, 6) is 0.336. The van der Waals surface area contributed by atoms with Crippen LogP contribution in [0.2, 0.25) is 0 Å². The molecule has 2 nitrogen and oxygen atoms in total. The van der Waals surface area contributed by atoms with Gasteiger partial charge in [-0.3, -0.25) is 0 Å². The SMILES string of the molecule is CC1(CNCc2ccc(O)cc2)CC1. The summed E-state index contributed by atoms with van der Waals surface area (Å²) in [6, 6.07) is 7.38. The highest BCUT2D eigenvalue weighted by atomic mass is 16.3. The molecule has 0 radical (unpaired) electrons. The summed E-state index contributed by atoms with van der Waals surface area (Å²) >= 11 is 0. The fraction of sp³-hybridized carbons (Fsp3) is 0.500. The van der Waals surface area contributed by atoms with Gasteiger partial charge in [0.2, 0.25) is 0 Å². The molecule has 2 N–H and O–H groups in total. The Kier molecular flexibility index (Phi) is 2.46. The Morgan fingerprint density at radius 3 is 2.50 bits per heavy atom. The monoisotopic (exact) mass is 191 g/mol. The molecule has 0 saturated heterocycles. The lowest BCUT2D eigenvalue weighted by Crippen LogP contribution is -2.21. The summed E-state index contributed by atoms with van der Waals surface area (Å²) in [6.07, 6.45) is 2.71. The molecule has 0 unspecified atom stereocenters. The average Bonchev–Trinajstić information content (AvgIpc) is 2.88. The fourth-order valence-corrected chi connectivity index (χ4v) is 1.51. The zero-order chi connectivity index (χ0) is 10.0. The van der Waals surface area contributed by atoms with Crippen LogP contribution in [0, 0.1) is 5.41 Å². The molecule has 0 aliphatic heterocycles. The van der Waals surface area contributed by atoms with Crippen LogP contribution in [0.15, 0.2) is 24.3 Å². The summed E-state index contributed by atoms with van der Waals surface area (Å²) in [5, 5.41) is 12.5. The van der Waals surface area contributed by atoms with Gasteiger partial charge < -0.3 is 10.4 Å². The minimum Gasteiger partial charge on any atom is -0.508 e. The van der Waals surface area contributed by atoms with Crippen molar-refractivity contribution in [2.24, 2.45) is 5.41 Å². The number of benzene rings is 1. The number of phenolic OH excluding ortho intramolecular Hbond substituents is 1. The predicted octanol–water partition coefficient (Wildman–Crippen LogP) is 2.28. The predicted molar refractivity (Wildman–Crippen MR) is 57.2 cm³/mol. The van der Waals surface area contributed by atoms with E-state index in [4.69, 9.17) is 5.11 Å². The van der Waals surface area contributed by atoms with Crippen molar-refractivity contribution < 1.29 is 5.11 Å². The molecule has 0 aromatic heterocycles. The summed E-state index contributed by atoms with van der Waals surface area (Å²) in [4.78, 5) is 0. The summed E-state index contributed by atoms with van der Waals surface area (Å²) in [5.41, 5.74) is 1.80. The van der Waals surface area contributed by atoms with Crippen LogP contribution in [0.25, 0.3) is 0 Å².